The summed E-state index contributed by atoms with van der Waals surface area (Å²) >= 11 is 0. The lowest BCUT2D eigenvalue weighted by Gasteiger charge is -2.34. The van der Waals surface area contributed by atoms with Crippen molar-refractivity contribution >= 4 is 21.6 Å². The zero-order valence-electron chi connectivity index (χ0n) is 19.4. The molecule has 0 aliphatic carbocycles. The fourth-order valence-electron chi connectivity index (χ4n) is 3.98. The minimum Gasteiger partial charge on any atom is -0.495 e. The van der Waals surface area contributed by atoms with Crippen molar-refractivity contribution in [1.82, 2.24) is 9.29 Å². The molecule has 10 heteroatoms. The first-order valence-corrected chi connectivity index (χ1v) is 12.3. The predicted octanol–water partition coefficient (Wildman–Crippen LogP) is 3.03. The molecule has 2 aromatic rings. The predicted molar refractivity (Wildman–Crippen MR) is 124 cm³/mol. The van der Waals surface area contributed by atoms with Gasteiger partial charge < -0.3 is 19.5 Å². The third-order valence-corrected chi connectivity index (χ3v) is 7.28. The number of sulfonamides is 1. The highest BCUT2D eigenvalue weighted by Crippen LogP contribution is 2.32. The molecular weight excluding hydrogens is 446 g/mol. The van der Waals surface area contributed by atoms with Crippen molar-refractivity contribution in [2.45, 2.75) is 25.2 Å². The second-order valence-corrected chi connectivity index (χ2v) is 10.2. The number of methoxy groups -OCH3 is 2. The van der Waals surface area contributed by atoms with Gasteiger partial charge in [0.15, 0.2) is 0 Å². The molecule has 0 bridgehead atoms. The van der Waals surface area contributed by atoms with Crippen molar-refractivity contribution < 1.29 is 27.4 Å². The maximum atomic E-state index is 13.5. The number of benzene rings is 1. The van der Waals surface area contributed by atoms with Gasteiger partial charge in [-0.3, -0.25) is 4.79 Å². The molecule has 9 nitrogen and oxygen atoms in total. The lowest BCUT2D eigenvalue weighted by atomic mass is 9.94. The Morgan fingerprint density at radius 2 is 1.88 bits per heavy atom. The number of amides is 1. The first-order valence-electron chi connectivity index (χ1n) is 10.8. The van der Waals surface area contributed by atoms with E-state index in [1.54, 1.807) is 25.4 Å². The molecule has 1 aliphatic rings. The van der Waals surface area contributed by atoms with Crippen LogP contribution in [0.2, 0.25) is 0 Å². The first-order chi connectivity index (χ1) is 15.8. The van der Waals surface area contributed by atoms with E-state index < -0.39 is 15.9 Å². The van der Waals surface area contributed by atoms with Crippen LogP contribution in [0, 0.1) is 11.8 Å². The molecule has 180 valence electrons. The number of carbonyl (C=O) groups is 1. The monoisotopic (exact) mass is 477 g/mol. The van der Waals surface area contributed by atoms with Gasteiger partial charge in [0.1, 0.15) is 22.9 Å². The van der Waals surface area contributed by atoms with Crippen LogP contribution in [0.1, 0.15) is 30.6 Å². The van der Waals surface area contributed by atoms with Gasteiger partial charge in [0.2, 0.25) is 15.9 Å². The summed E-state index contributed by atoms with van der Waals surface area (Å²) < 4.78 is 44.3. The average Bonchev–Trinajstić information content (AvgIpc) is 2.79. The molecule has 1 saturated heterocycles. The molecule has 2 heterocycles. The van der Waals surface area contributed by atoms with Crippen molar-refractivity contribution in [1.29, 1.82) is 0 Å². The maximum Gasteiger partial charge on any atom is 0.255 e. The summed E-state index contributed by atoms with van der Waals surface area (Å²) in [6.07, 6.45) is 2.53. The van der Waals surface area contributed by atoms with Crippen LogP contribution in [0.5, 0.6) is 11.6 Å². The standard InChI is InChI=1S/C23H31N3O6S/c1-16-12-17(2)15-26(14-16)33(28,29)21-13-18(7-8-20(21)31-4)22(27)25-19-6-5-9-24-23(19)32-11-10-30-3/h5-9,13,16-17H,10-12,14-15H2,1-4H3,(H,25,27). The van der Waals surface area contributed by atoms with Crippen LogP contribution in [0.15, 0.2) is 41.4 Å². The van der Waals surface area contributed by atoms with E-state index in [1.807, 2.05) is 13.8 Å². The first kappa shape index (κ1) is 24.9. The van der Waals surface area contributed by atoms with Gasteiger partial charge >= 0.3 is 0 Å². The second kappa shape index (κ2) is 11.0. The van der Waals surface area contributed by atoms with Crippen LogP contribution in [-0.4, -0.2) is 64.1 Å². The number of nitrogens with zero attached hydrogens (tertiary/aromatic N) is 2. The molecule has 1 aliphatic heterocycles. The van der Waals surface area contributed by atoms with E-state index in [4.69, 9.17) is 14.2 Å². The van der Waals surface area contributed by atoms with E-state index in [2.05, 4.69) is 10.3 Å². The quantitative estimate of drug-likeness (QED) is 0.553. The summed E-state index contributed by atoms with van der Waals surface area (Å²) in [4.78, 5) is 17.1. The van der Waals surface area contributed by atoms with Crippen LogP contribution >= 0.6 is 0 Å². The van der Waals surface area contributed by atoms with E-state index in [-0.39, 0.29) is 40.5 Å². The molecule has 3 rings (SSSR count). The zero-order valence-corrected chi connectivity index (χ0v) is 20.2. The molecule has 0 saturated carbocycles. The maximum absolute atomic E-state index is 13.5. The van der Waals surface area contributed by atoms with Crippen molar-refractivity contribution in [3.63, 3.8) is 0 Å². The summed E-state index contributed by atoms with van der Waals surface area (Å²) in [7, 11) is -0.873. The third-order valence-electron chi connectivity index (χ3n) is 5.42. The van der Waals surface area contributed by atoms with Gasteiger partial charge in [-0.05, 0) is 48.6 Å². The lowest BCUT2D eigenvalue weighted by Crippen LogP contribution is -2.42. The van der Waals surface area contributed by atoms with Crippen molar-refractivity contribution in [2.24, 2.45) is 11.8 Å². The summed E-state index contributed by atoms with van der Waals surface area (Å²) in [5.41, 5.74) is 0.552. The van der Waals surface area contributed by atoms with Crippen LogP contribution in [0.25, 0.3) is 0 Å². The fourth-order valence-corrected chi connectivity index (χ4v) is 5.84. The summed E-state index contributed by atoms with van der Waals surface area (Å²) in [5.74, 6) is 0.466. The molecule has 1 N–H and O–H groups in total. The van der Waals surface area contributed by atoms with Gasteiger partial charge in [-0.2, -0.15) is 4.31 Å². The van der Waals surface area contributed by atoms with Crippen LogP contribution < -0.4 is 14.8 Å². The average molecular weight is 478 g/mol. The Morgan fingerprint density at radius 3 is 2.55 bits per heavy atom. The topological polar surface area (TPSA) is 107 Å². The molecule has 1 amide bonds. The number of rotatable bonds is 9. The van der Waals surface area contributed by atoms with Crippen molar-refractivity contribution in [2.75, 3.05) is 45.8 Å². The Kier molecular flexibility index (Phi) is 8.28. The number of ether oxygens (including phenoxy) is 3. The molecule has 2 atom stereocenters. The number of hydrogen-bond acceptors (Lipinski definition) is 7. The highest BCUT2D eigenvalue weighted by Gasteiger charge is 2.34. The highest BCUT2D eigenvalue weighted by molar-refractivity contribution is 7.89. The molecular formula is C23H31N3O6S. The Balaban J connectivity index is 1.87. The minimum absolute atomic E-state index is 0.0262. The third kappa shape index (κ3) is 6.01. The van der Waals surface area contributed by atoms with Gasteiger partial charge in [-0.15, -0.1) is 0 Å². The lowest BCUT2D eigenvalue weighted by molar-refractivity contribution is 0.102. The number of nitrogens with one attached hydrogen (secondary N) is 1. The van der Waals surface area contributed by atoms with E-state index in [0.29, 0.717) is 25.4 Å². The molecule has 2 unspecified atom stereocenters. The van der Waals surface area contributed by atoms with Crippen LogP contribution in [-0.2, 0) is 14.8 Å². The molecule has 1 aromatic carbocycles. The van der Waals surface area contributed by atoms with E-state index in [1.165, 1.54) is 29.6 Å². The summed E-state index contributed by atoms with van der Waals surface area (Å²) in [6.45, 7) is 5.60. The van der Waals surface area contributed by atoms with Gasteiger partial charge in [0.05, 0.1) is 13.7 Å². The van der Waals surface area contributed by atoms with E-state index in [9.17, 15) is 13.2 Å². The molecule has 1 fully saturated rings. The van der Waals surface area contributed by atoms with E-state index >= 15 is 0 Å². The molecule has 1 aromatic heterocycles. The van der Waals surface area contributed by atoms with Gasteiger partial charge in [-0.25, -0.2) is 13.4 Å². The second-order valence-electron chi connectivity index (χ2n) is 8.29. The summed E-state index contributed by atoms with van der Waals surface area (Å²) in [5, 5.41) is 2.75. The smallest absolute Gasteiger partial charge is 0.255 e. The fraction of sp³-hybridized carbons (Fsp3) is 0.478. The van der Waals surface area contributed by atoms with Crippen LogP contribution in [0.3, 0.4) is 0 Å². The Bertz CT molecular complexity index is 1070. The molecule has 0 spiro atoms. The number of carbonyl (C=O) groups excluding carboxylic acids is 1. The largest absolute Gasteiger partial charge is 0.495 e. The molecule has 0 radical (unpaired) electrons. The van der Waals surface area contributed by atoms with Crippen LogP contribution in [0.4, 0.5) is 5.69 Å². The zero-order chi connectivity index (χ0) is 24.0. The normalized spacial score (nSPS) is 19.2. The van der Waals surface area contributed by atoms with Gasteiger partial charge in [-0.1, -0.05) is 13.8 Å². The van der Waals surface area contributed by atoms with Crippen molar-refractivity contribution in [3.05, 3.63) is 42.1 Å². The Morgan fingerprint density at radius 1 is 1.15 bits per heavy atom. The highest BCUT2D eigenvalue weighted by atomic mass is 32.2. The summed E-state index contributed by atoms with van der Waals surface area (Å²) in [6, 6.07) is 7.70. The van der Waals surface area contributed by atoms with Gasteiger partial charge in [0, 0.05) is 32.0 Å². The minimum atomic E-state index is -3.85. The van der Waals surface area contributed by atoms with Crippen molar-refractivity contribution in [3.8, 4) is 11.6 Å². The van der Waals surface area contributed by atoms with E-state index in [0.717, 1.165) is 6.42 Å². The number of aromatic nitrogens is 1. The molecule has 33 heavy (non-hydrogen) atoms. The SMILES string of the molecule is COCCOc1ncccc1NC(=O)c1ccc(OC)c(S(=O)(=O)N2CC(C)CC(C)C2)c1. The number of hydrogen-bond donors (Lipinski definition) is 1. The number of anilines is 1. The Labute approximate surface area is 195 Å². The van der Waals surface area contributed by atoms with Gasteiger partial charge in [0.25, 0.3) is 5.91 Å². The number of piperidine rings is 1. The Hall–Kier alpha value is -2.69. The number of pyridine rings is 1.